The summed E-state index contributed by atoms with van der Waals surface area (Å²) >= 11 is 7.22. The van der Waals surface area contributed by atoms with E-state index in [9.17, 15) is 9.18 Å². The maximum absolute atomic E-state index is 13.0. The van der Waals surface area contributed by atoms with E-state index in [4.69, 9.17) is 11.6 Å². The molecular formula is C22H21ClFN5OS. The zero-order valence-corrected chi connectivity index (χ0v) is 18.2. The predicted molar refractivity (Wildman–Crippen MR) is 125 cm³/mol. The van der Waals surface area contributed by atoms with Gasteiger partial charge in [0.05, 0.1) is 18.1 Å². The van der Waals surface area contributed by atoms with Gasteiger partial charge in [-0.3, -0.25) is 4.79 Å². The van der Waals surface area contributed by atoms with Crippen LogP contribution in [-0.4, -0.2) is 47.7 Å². The Labute approximate surface area is 189 Å². The second-order valence-corrected chi connectivity index (χ2v) is 8.26. The molecule has 2 heterocycles. The van der Waals surface area contributed by atoms with Crippen LogP contribution in [0.4, 0.5) is 21.7 Å². The van der Waals surface area contributed by atoms with Gasteiger partial charge in [-0.1, -0.05) is 11.6 Å². The summed E-state index contributed by atoms with van der Waals surface area (Å²) in [6.45, 7) is 3.21. The van der Waals surface area contributed by atoms with E-state index >= 15 is 0 Å². The topological polar surface area (TPSA) is 61.4 Å². The molecule has 0 saturated carbocycles. The number of piperazine rings is 1. The van der Waals surface area contributed by atoms with E-state index in [0.717, 1.165) is 37.6 Å². The van der Waals surface area contributed by atoms with Crippen LogP contribution in [-0.2, 0) is 0 Å². The van der Waals surface area contributed by atoms with Gasteiger partial charge in [0.15, 0.2) is 11.6 Å². The minimum Gasteiger partial charge on any atom is -0.368 e. The van der Waals surface area contributed by atoms with Crippen molar-refractivity contribution in [2.24, 2.45) is 0 Å². The number of hydrogen-bond acceptors (Lipinski definition) is 7. The number of carbonyl (C=O) groups is 1. The van der Waals surface area contributed by atoms with Crippen LogP contribution in [0.25, 0.3) is 0 Å². The van der Waals surface area contributed by atoms with Crippen LogP contribution in [0.2, 0.25) is 5.02 Å². The molecule has 1 aliphatic rings. The number of aromatic nitrogens is 2. The van der Waals surface area contributed by atoms with Crippen molar-refractivity contribution in [3.63, 3.8) is 0 Å². The minimum atomic E-state index is -0.427. The first kappa shape index (κ1) is 21.4. The summed E-state index contributed by atoms with van der Waals surface area (Å²) < 4.78 is 16.2. The smallest absolute Gasteiger partial charge is 0.225 e. The molecule has 1 N–H and O–H groups in total. The fraction of sp³-hybridized carbons (Fsp3) is 0.227. The van der Waals surface area contributed by atoms with Gasteiger partial charge >= 0.3 is 0 Å². The largest absolute Gasteiger partial charge is 0.368 e. The van der Waals surface area contributed by atoms with E-state index in [2.05, 4.69) is 36.6 Å². The molecule has 0 radical (unpaired) electrons. The van der Waals surface area contributed by atoms with Crippen LogP contribution in [0.5, 0.6) is 0 Å². The molecule has 0 atom stereocenters. The number of anilines is 3. The summed E-state index contributed by atoms with van der Waals surface area (Å²) in [4.78, 5) is 24.7. The van der Waals surface area contributed by atoms with Gasteiger partial charge in [0.25, 0.3) is 0 Å². The maximum Gasteiger partial charge on any atom is 0.225 e. The highest BCUT2D eigenvalue weighted by Gasteiger charge is 2.19. The van der Waals surface area contributed by atoms with E-state index in [1.807, 2.05) is 12.1 Å². The van der Waals surface area contributed by atoms with Gasteiger partial charge in [-0.2, -0.15) is 0 Å². The Morgan fingerprint density at radius 2 is 1.58 bits per heavy atom. The second kappa shape index (κ2) is 9.98. The molecule has 0 unspecified atom stereocenters. The van der Waals surface area contributed by atoms with Gasteiger partial charge in [-0.25, -0.2) is 14.4 Å². The fourth-order valence-corrected chi connectivity index (χ4v) is 4.08. The van der Waals surface area contributed by atoms with Crippen molar-refractivity contribution >= 4 is 46.7 Å². The standard InChI is InChI=1S/C22H21ClFN5OS/c23-17-3-1-16(2-4-17)21(30)15-31-27-19-5-7-20(8-6-19)28-9-11-29(12-10-28)22-25-13-18(24)14-26-22/h1-8,13-14,27H,9-12,15H2. The van der Waals surface area contributed by atoms with E-state index in [-0.39, 0.29) is 5.78 Å². The first-order valence-corrected chi connectivity index (χ1v) is 11.2. The first-order valence-electron chi connectivity index (χ1n) is 9.82. The lowest BCUT2D eigenvalue weighted by Crippen LogP contribution is -2.47. The molecule has 160 valence electrons. The van der Waals surface area contributed by atoms with Gasteiger partial charge in [0, 0.05) is 48.1 Å². The molecule has 9 heteroatoms. The maximum atomic E-state index is 13.0. The number of ketones is 1. The van der Waals surface area contributed by atoms with Crippen molar-refractivity contribution in [2.45, 2.75) is 0 Å². The number of Topliss-reactive ketones (excluding diaryl/α,β-unsaturated/α-hetero) is 1. The highest BCUT2D eigenvalue weighted by atomic mass is 35.5. The summed E-state index contributed by atoms with van der Waals surface area (Å²) in [6.07, 6.45) is 2.39. The number of rotatable bonds is 7. The van der Waals surface area contributed by atoms with E-state index < -0.39 is 5.82 Å². The number of halogens is 2. The number of nitrogens with zero attached hydrogens (tertiary/aromatic N) is 4. The zero-order valence-electron chi connectivity index (χ0n) is 16.7. The molecule has 0 amide bonds. The zero-order chi connectivity index (χ0) is 21.6. The Morgan fingerprint density at radius 3 is 2.23 bits per heavy atom. The van der Waals surface area contributed by atoms with Crippen LogP contribution in [0, 0.1) is 5.82 Å². The van der Waals surface area contributed by atoms with Crippen molar-refractivity contribution in [1.82, 2.24) is 9.97 Å². The molecule has 0 spiro atoms. The van der Waals surface area contributed by atoms with Gasteiger partial charge in [-0.05, 0) is 60.5 Å². The third kappa shape index (κ3) is 5.65. The van der Waals surface area contributed by atoms with Crippen molar-refractivity contribution in [2.75, 3.05) is 46.5 Å². The molecule has 1 aliphatic heterocycles. The fourth-order valence-electron chi connectivity index (χ4n) is 3.28. The molecule has 1 saturated heterocycles. The average Bonchev–Trinajstić information content (AvgIpc) is 2.81. The van der Waals surface area contributed by atoms with Crippen LogP contribution in [0.15, 0.2) is 60.9 Å². The van der Waals surface area contributed by atoms with Crippen molar-refractivity contribution in [1.29, 1.82) is 0 Å². The van der Waals surface area contributed by atoms with E-state index in [1.54, 1.807) is 24.3 Å². The van der Waals surface area contributed by atoms with Crippen molar-refractivity contribution in [3.8, 4) is 0 Å². The number of nitrogens with one attached hydrogen (secondary N) is 1. The molecule has 1 fully saturated rings. The van der Waals surface area contributed by atoms with Gasteiger partial charge < -0.3 is 14.5 Å². The summed E-state index contributed by atoms with van der Waals surface area (Å²) in [5.74, 6) is 0.514. The predicted octanol–water partition coefficient (Wildman–Crippen LogP) is 4.54. The summed E-state index contributed by atoms with van der Waals surface area (Å²) in [5.41, 5.74) is 2.72. The van der Waals surface area contributed by atoms with Crippen LogP contribution >= 0.6 is 23.5 Å². The molecule has 0 bridgehead atoms. The Balaban J connectivity index is 1.24. The monoisotopic (exact) mass is 457 g/mol. The second-order valence-electron chi connectivity index (χ2n) is 7.04. The Kier molecular flexibility index (Phi) is 6.89. The molecule has 6 nitrogen and oxygen atoms in total. The van der Waals surface area contributed by atoms with Crippen LogP contribution in [0.1, 0.15) is 10.4 Å². The van der Waals surface area contributed by atoms with Crippen LogP contribution < -0.4 is 14.5 Å². The minimum absolute atomic E-state index is 0.0498. The summed E-state index contributed by atoms with van der Waals surface area (Å²) in [7, 11) is 0. The van der Waals surface area contributed by atoms with E-state index in [0.29, 0.717) is 22.3 Å². The molecule has 31 heavy (non-hydrogen) atoms. The normalized spacial score (nSPS) is 13.9. The molecule has 4 rings (SSSR count). The molecule has 1 aromatic heterocycles. The highest BCUT2D eigenvalue weighted by molar-refractivity contribution is 8.01. The first-order chi connectivity index (χ1) is 15.1. The van der Waals surface area contributed by atoms with Crippen LogP contribution in [0.3, 0.4) is 0 Å². The summed E-state index contributed by atoms with van der Waals surface area (Å²) in [5, 5.41) is 0.618. The SMILES string of the molecule is O=C(CSNc1ccc(N2CCN(c3ncc(F)cn3)CC2)cc1)c1ccc(Cl)cc1. The van der Waals surface area contributed by atoms with Gasteiger partial charge in [-0.15, -0.1) is 0 Å². The molecular weight excluding hydrogens is 437 g/mol. The van der Waals surface area contributed by atoms with Gasteiger partial charge in [0.1, 0.15) is 0 Å². The Bertz CT molecular complexity index is 1010. The lowest BCUT2D eigenvalue weighted by Gasteiger charge is -2.36. The number of benzene rings is 2. The lowest BCUT2D eigenvalue weighted by atomic mass is 10.1. The lowest BCUT2D eigenvalue weighted by molar-refractivity contribution is 0.102. The average molecular weight is 458 g/mol. The third-order valence-electron chi connectivity index (χ3n) is 4.96. The van der Waals surface area contributed by atoms with Crippen molar-refractivity contribution in [3.05, 3.63) is 77.3 Å². The third-order valence-corrected chi connectivity index (χ3v) is 6.00. The highest BCUT2D eigenvalue weighted by Crippen LogP contribution is 2.22. The van der Waals surface area contributed by atoms with E-state index in [1.165, 1.54) is 24.3 Å². The molecule has 2 aromatic carbocycles. The number of carbonyl (C=O) groups excluding carboxylic acids is 1. The number of hydrogen-bond donors (Lipinski definition) is 1. The molecule has 3 aromatic rings. The van der Waals surface area contributed by atoms with Gasteiger partial charge in [0.2, 0.25) is 5.95 Å². The van der Waals surface area contributed by atoms with Crippen molar-refractivity contribution < 1.29 is 9.18 Å². The Morgan fingerprint density at radius 1 is 0.968 bits per heavy atom. The Hall–Kier alpha value is -2.84. The summed E-state index contributed by atoms with van der Waals surface area (Å²) in [6, 6.07) is 15.1. The molecule has 0 aliphatic carbocycles. The quantitative estimate of drug-likeness (QED) is 0.413.